The highest BCUT2D eigenvalue weighted by atomic mass is 35.5. The molecule has 1 fully saturated rings. The summed E-state index contributed by atoms with van der Waals surface area (Å²) in [5, 5.41) is -0.137. The second kappa shape index (κ2) is 9.62. The van der Waals surface area contributed by atoms with Gasteiger partial charge in [0.25, 0.3) is 0 Å². The molecule has 0 spiro atoms. The number of alkyl halides is 3. The molecule has 2 atom stereocenters. The van der Waals surface area contributed by atoms with Crippen molar-refractivity contribution in [2.45, 2.75) is 38.3 Å². The summed E-state index contributed by atoms with van der Waals surface area (Å²) < 4.78 is 66.0. The molecular weight excluding hydrogens is 477 g/mol. The topological polar surface area (TPSA) is 48.0 Å². The summed E-state index contributed by atoms with van der Waals surface area (Å²) in [6, 6.07) is 6.01. The number of methoxy groups -OCH3 is 1. The van der Waals surface area contributed by atoms with Gasteiger partial charge in [0.05, 0.1) is 28.8 Å². The van der Waals surface area contributed by atoms with Crippen molar-refractivity contribution >= 4 is 34.9 Å². The number of nitrogens with zero attached hydrogens (tertiary/aromatic N) is 1. The van der Waals surface area contributed by atoms with E-state index in [0.717, 1.165) is 38.2 Å². The fourth-order valence-electron chi connectivity index (χ4n) is 3.64. The Morgan fingerprint density at radius 1 is 1.16 bits per heavy atom. The van der Waals surface area contributed by atoms with E-state index >= 15 is 0 Å². The van der Waals surface area contributed by atoms with Crippen LogP contribution in [-0.4, -0.2) is 38.1 Å². The van der Waals surface area contributed by atoms with Crippen LogP contribution < -0.4 is 14.4 Å². The predicted molar refractivity (Wildman–Crippen MR) is 111 cm³/mol. The van der Waals surface area contributed by atoms with Gasteiger partial charge in [-0.15, -0.1) is 13.2 Å². The summed E-state index contributed by atoms with van der Waals surface area (Å²) in [4.78, 5) is 13.6. The zero-order valence-corrected chi connectivity index (χ0v) is 18.5. The highest BCUT2D eigenvalue weighted by Gasteiger charge is 2.34. The Kier molecular flexibility index (Phi) is 7.29. The summed E-state index contributed by atoms with van der Waals surface area (Å²) in [5.41, 5.74) is 0.289. The zero-order valence-electron chi connectivity index (χ0n) is 17.0. The van der Waals surface area contributed by atoms with Crippen LogP contribution in [0.2, 0.25) is 10.0 Å². The lowest BCUT2D eigenvalue weighted by atomic mass is 10.1. The van der Waals surface area contributed by atoms with Gasteiger partial charge in [0.15, 0.2) is 0 Å². The van der Waals surface area contributed by atoms with Crippen molar-refractivity contribution in [2.24, 2.45) is 0 Å². The summed E-state index contributed by atoms with van der Waals surface area (Å²) in [7, 11) is 1.13. The highest BCUT2D eigenvalue weighted by molar-refractivity contribution is 6.32. The van der Waals surface area contributed by atoms with Gasteiger partial charge in [-0.1, -0.05) is 23.2 Å². The third kappa shape index (κ3) is 5.50. The highest BCUT2D eigenvalue weighted by Crippen LogP contribution is 2.37. The number of esters is 1. The van der Waals surface area contributed by atoms with Crippen LogP contribution in [0.15, 0.2) is 30.3 Å². The maximum absolute atomic E-state index is 14.3. The molecule has 11 heteroatoms. The van der Waals surface area contributed by atoms with Gasteiger partial charge in [0.1, 0.15) is 23.4 Å². The Hall–Kier alpha value is -2.39. The lowest BCUT2D eigenvalue weighted by Crippen LogP contribution is -2.40. The first-order valence-electron chi connectivity index (χ1n) is 9.56. The van der Waals surface area contributed by atoms with Gasteiger partial charge in [0, 0.05) is 18.3 Å². The summed E-state index contributed by atoms with van der Waals surface area (Å²) in [6.45, 7) is 2.39. The first kappa shape index (κ1) is 24.3. The molecule has 2 unspecified atom stereocenters. The van der Waals surface area contributed by atoms with Gasteiger partial charge >= 0.3 is 12.3 Å². The Morgan fingerprint density at radius 3 is 2.47 bits per heavy atom. The van der Waals surface area contributed by atoms with Crippen molar-refractivity contribution in [2.75, 3.05) is 18.6 Å². The zero-order chi connectivity index (χ0) is 23.6. The van der Waals surface area contributed by atoms with E-state index in [1.807, 2.05) is 4.90 Å². The van der Waals surface area contributed by atoms with Crippen LogP contribution in [0.3, 0.4) is 0 Å². The standard InChI is InChI=1S/C21H19Cl2F4NO4/c1-11(31-19-10-16(24)13(9-15(19)23)20(29)30-2)17-4-3-7-28(17)12-5-6-18(14(22)8-12)32-21(25,26)27/h5-6,8-11,17H,3-4,7H2,1-2H3. The van der Waals surface area contributed by atoms with Crippen LogP contribution >= 0.6 is 23.2 Å². The van der Waals surface area contributed by atoms with E-state index in [2.05, 4.69) is 9.47 Å². The van der Waals surface area contributed by atoms with Crippen molar-refractivity contribution in [1.29, 1.82) is 0 Å². The molecule has 0 amide bonds. The van der Waals surface area contributed by atoms with E-state index in [1.54, 1.807) is 6.92 Å². The molecular formula is C21H19Cl2F4NO4. The molecule has 0 aromatic heterocycles. The van der Waals surface area contributed by atoms with E-state index in [0.29, 0.717) is 12.2 Å². The molecule has 1 heterocycles. The summed E-state index contributed by atoms with van der Waals surface area (Å²) in [6.07, 6.45) is -3.79. The third-order valence-electron chi connectivity index (χ3n) is 5.05. The number of halogens is 6. The molecule has 2 aromatic carbocycles. The van der Waals surface area contributed by atoms with E-state index < -0.39 is 30.0 Å². The SMILES string of the molecule is COC(=O)c1cc(Cl)c(OC(C)C2CCCN2c2ccc(OC(F)(F)F)c(Cl)c2)cc1F. The third-order valence-corrected chi connectivity index (χ3v) is 5.64. The van der Waals surface area contributed by atoms with E-state index in [1.165, 1.54) is 12.1 Å². The van der Waals surface area contributed by atoms with Crippen LogP contribution in [0.1, 0.15) is 30.1 Å². The molecule has 1 aliphatic rings. The van der Waals surface area contributed by atoms with E-state index in [9.17, 15) is 22.4 Å². The molecule has 0 saturated carbocycles. The number of hydrogen-bond acceptors (Lipinski definition) is 5. The smallest absolute Gasteiger partial charge is 0.487 e. The second-order valence-corrected chi connectivity index (χ2v) is 7.96. The van der Waals surface area contributed by atoms with Crippen molar-refractivity contribution in [3.05, 3.63) is 51.8 Å². The van der Waals surface area contributed by atoms with E-state index in [4.69, 9.17) is 27.9 Å². The quantitative estimate of drug-likeness (QED) is 0.350. The van der Waals surface area contributed by atoms with Crippen molar-refractivity contribution < 1.29 is 36.6 Å². The molecule has 0 aliphatic carbocycles. The van der Waals surface area contributed by atoms with Gasteiger partial charge in [-0.2, -0.15) is 0 Å². The fourth-order valence-corrected chi connectivity index (χ4v) is 4.06. The van der Waals surface area contributed by atoms with Crippen LogP contribution in [0, 0.1) is 5.82 Å². The molecule has 0 bridgehead atoms. The van der Waals surface area contributed by atoms with E-state index in [-0.39, 0.29) is 27.4 Å². The Labute approximate surface area is 191 Å². The molecule has 0 radical (unpaired) electrons. The normalized spacial score (nSPS) is 17.2. The number of carbonyl (C=O) groups excluding carboxylic acids is 1. The Bertz CT molecular complexity index is 1000. The van der Waals surface area contributed by atoms with Crippen LogP contribution in [0.25, 0.3) is 0 Å². The molecule has 2 aromatic rings. The molecule has 174 valence electrons. The van der Waals surface area contributed by atoms with Gasteiger partial charge in [-0.25, -0.2) is 9.18 Å². The first-order valence-corrected chi connectivity index (χ1v) is 10.3. The molecule has 3 rings (SSSR count). The van der Waals surface area contributed by atoms with Crippen molar-refractivity contribution in [3.8, 4) is 11.5 Å². The monoisotopic (exact) mass is 495 g/mol. The largest absolute Gasteiger partial charge is 0.573 e. The maximum Gasteiger partial charge on any atom is 0.573 e. The van der Waals surface area contributed by atoms with Gasteiger partial charge in [-0.3, -0.25) is 0 Å². The average Bonchev–Trinajstić information content (AvgIpc) is 3.20. The minimum absolute atomic E-state index is 0.0416. The number of anilines is 1. The molecule has 0 N–H and O–H groups in total. The molecule has 1 aliphatic heterocycles. The fraction of sp³-hybridized carbons (Fsp3) is 0.381. The molecule has 5 nitrogen and oxygen atoms in total. The Morgan fingerprint density at radius 2 is 1.84 bits per heavy atom. The number of rotatable bonds is 6. The van der Waals surface area contributed by atoms with Crippen LogP contribution in [0.5, 0.6) is 11.5 Å². The number of benzene rings is 2. The predicted octanol–water partition coefficient (Wildman–Crippen LogP) is 6.25. The number of ether oxygens (including phenoxy) is 3. The van der Waals surface area contributed by atoms with Crippen LogP contribution in [0.4, 0.5) is 23.2 Å². The number of hydrogen-bond donors (Lipinski definition) is 0. The minimum Gasteiger partial charge on any atom is -0.487 e. The van der Waals surface area contributed by atoms with Crippen LogP contribution in [-0.2, 0) is 4.74 Å². The molecule has 32 heavy (non-hydrogen) atoms. The lowest BCUT2D eigenvalue weighted by molar-refractivity contribution is -0.274. The summed E-state index contributed by atoms with van der Waals surface area (Å²) in [5.74, 6) is -2.13. The van der Waals surface area contributed by atoms with Crippen molar-refractivity contribution in [1.82, 2.24) is 0 Å². The maximum atomic E-state index is 14.3. The number of carbonyl (C=O) groups is 1. The molecule has 1 saturated heterocycles. The second-order valence-electron chi connectivity index (χ2n) is 7.14. The average molecular weight is 496 g/mol. The van der Waals surface area contributed by atoms with Gasteiger partial charge in [-0.05, 0) is 44.0 Å². The first-order chi connectivity index (χ1) is 15.0. The minimum atomic E-state index is -4.85. The lowest BCUT2D eigenvalue weighted by Gasteiger charge is -2.32. The van der Waals surface area contributed by atoms with Gasteiger partial charge < -0.3 is 19.1 Å². The van der Waals surface area contributed by atoms with Crippen molar-refractivity contribution in [3.63, 3.8) is 0 Å². The summed E-state index contributed by atoms with van der Waals surface area (Å²) >= 11 is 12.1. The Balaban J connectivity index is 1.78. The van der Waals surface area contributed by atoms with Gasteiger partial charge in [0.2, 0.25) is 0 Å².